The van der Waals surface area contributed by atoms with Crippen LogP contribution >= 0.6 is 0 Å². The highest BCUT2D eigenvalue weighted by Crippen LogP contribution is 2.20. The Hall–Kier alpha value is -1.06. The van der Waals surface area contributed by atoms with Crippen LogP contribution in [-0.4, -0.2) is 21.9 Å². The van der Waals surface area contributed by atoms with Crippen LogP contribution in [0.2, 0.25) is 6.04 Å². The summed E-state index contributed by atoms with van der Waals surface area (Å²) >= 11 is 0. The van der Waals surface area contributed by atoms with Crippen molar-refractivity contribution in [1.82, 2.24) is 0 Å². The quantitative estimate of drug-likeness (QED) is 0.588. The fraction of sp³-hybridized carbons (Fsp3) is 0.429. The standard InChI is InChI=1S/C14H19O2Si/c1-2-7-13-8-3-4-9-14(13)15-12-17-11-6-5-10-16-17/h2-4,8-9H,1,5-7,10-12H2. The van der Waals surface area contributed by atoms with Gasteiger partial charge in [0.2, 0.25) is 0 Å². The van der Waals surface area contributed by atoms with Crippen LogP contribution < -0.4 is 4.74 Å². The van der Waals surface area contributed by atoms with Gasteiger partial charge in [-0.2, -0.15) is 0 Å². The maximum atomic E-state index is 5.90. The molecule has 2 rings (SSSR count). The Labute approximate surface area is 105 Å². The fourth-order valence-electron chi connectivity index (χ4n) is 1.95. The molecule has 0 aromatic heterocycles. The predicted octanol–water partition coefficient (Wildman–Crippen LogP) is 3.14. The summed E-state index contributed by atoms with van der Waals surface area (Å²) < 4.78 is 11.7. The van der Waals surface area contributed by atoms with Crippen LogP contribution in [0.1, 0.15) is 18.4 Å². The first-order valence-corrected chi connectivity index (χ1v) is 8.01. The molecule has 0 amide bonds. The van der Waals surface area contributed by atoms with Crippen LogP contribution in [0.5, 0.6) is 5.75 Å². The second kappa shape index (κ2) is 6.62. The molecule has 1 aliphatic heterocycles. The minimum absolute atomic E-state index is 0.725. The van der Waals surface area contributed by atoms with Crippen molar-refractivity contribution in [3.8, 4) is 5.75 Å². The average molecular weight is 247 g/mol. The van der Waals surface area contributed by atoms with E-state index in [4.69, 9.17) is 9.16 Å². The Morgan fingerprint density at radius 3 is 3.00 bits per heavy atom. The van der Waals surface area contributed by atoms with E-state index >= 15 is 0 Å². The van der Waals surface area contributed by atoms with E-state index < -0.39 is 9.04 Å². The summed E-state index contributed by atoms with van der Waals surface area (Å²) in [6.45, 7) is 4.70. The van der Waals surface area contributed by atoms with Gasteiger partial charge in [0.1, 0.15) is 12.0 Å². The van der Waals surface area contributed by atoms with Crippen molar-refractivity contribution in [2.45, 2.75) is 25.3 Å². The van der Waals surface area contributed by atoms with Crippen molar-refractivity contribution in [3.05, 3.63) is 42.5 Å². The summed E-state index contributed by atoms with van der Waals surface area (Å²) in [4.78, 5) is 0. The molecule has 2 nitrogen and oxygen atoms in total. The van der Waals surface area contributed by atoms with Crippen LogP contribution in [0.3, 0.4) is 0 Å². The summed E-state index contributed by atoms with van der Waals surface area (Å²) in [6, 6.07) is 9.40. The van der Waals surface area contributed by atoms with Crippen molar-refractivity contribution < 1.29 is 9.16 Å². The molecule has 1 heterocycles. The lowest BCUT2D eigenvalue weighted by molar-refractivity contribution is 0.258. The third kappa shape index (κ3) is 3.72. The van der Waals surface area contributed by atoms with E-state index in [-0.39, 0.29) is 0 Å². The summed E-state index contributed by atoms with van der Waals surface area (Å²) in [7, 11) is -0.725. The van der Waals surface area contributed by atoms with Gasteiger partial charge in [0, 0.05) is 6.61 Å². The lowest BCUT2D eigenvalue weighted by atomic mass is 10.1. The number of para-hydroxylation sites is 1. The molecule has 0 N–H and O–H groups in total. The van der Waals surface area contributed by atoms with E-state index in [9.17, 15) is 0 Å². The van der Waals surface area contributed by atoms with Gasteiger partial charge in [0.05, 0.1) is 0 Å². The van der Waals surface area contributed by atoms with Gasteiger partial charge in [-0.25, -0.2) is 0 Å². The van der Waals surface area contributed by atoms with Crippen LogP contribution in [0, 0.1) is 0 Å². The second-order valence-corrected chi connectivity index (χ2v) is 6.39. The predicted molar refractivity (Wildman–Crippen MR) is 71.6 cm³/mol. The largest absolute Gasteiger partial charge is 0.494 e. The maximum Gasteiger partial charge on any atom is 0.251 e. The number of ether oxygens (including phenoxy) is 1. The molecule has 0 aliphatic carbocycles. The lowest BCUT2D eigenvalue weighted by Crippen LogP contribution is -2.30. The van der Waals surface area contributed by atoms with E-state index in [0.29, 0.717) is 0 Å². The third-order valence-electron chi connectivity index (χ3n) is 2.88. The van der Waals surface area contributed by atoms with E-state index in [1.54, 1.807) is 0 Å². The van der Waals surface area contributed by atoms with Gasteiger partial charge in [0.25, 0.3) is 9.04 Å². The van der Waals surface area contributed by atoms with Crippen LogP contribution in [0.15, 0.2) is 36.9 Å². The van der Waals surface area contributed by atoms with Crippen molar-refractivity contribution >= 4 is 9.04 Å². The normalized spacial score (nSPS) is 16.7. The minimum atomic E-state index is -0.725. The first-order chi connectivity index (χ1) is 8.40. The molecule has 0 saturated carbocycles. The highest BCUT2D eigenvalue weighted by molar-refractivity contribution is 6.51. The Kier molecular flexibility index (Phi) is 4.83. The monoisotopic (exact) mass is 247 g/mol. The Morgan fingerprint density at radius 2 is 2.24 bits per heavy atom. The van der Waals surface area contributed by atoms with E-state index in [1.807, 2.05) is 24.3 Å². The van der Waals surface area contributed by atoms with Crippen molar-refractivity contribution in [2.75, 3.05) is 12.8 Å². The zero-order valence-electron chi connectivity index (χ0n) is 10.2. The molecule has 3 heteroatoms. The van der Waals surface area contributed by atoms with Gasteiger partial charge in [-0.3, -0.25) is 0 Å². The van der Waals surface area contributed by atoms with E-state index in [0.717, 1.165) is 25.0 Å². The Morgan fingerprint density at radius 1 is 1.35 bits per heavy atom. The van der Waals surface area contributed by atoms with Crippen molar-refractivity contribution in [2.24, 2.45) is 0 Å². The first kappa shape index (κ1) is 12.4. The molecule has 0 unspecified atom stereocenters. The number of rotatable bonds is 5. The molecular formula is C14H19O2Si. The lowest BCUT2D eigenvalue weighted by Gasteiger charge is -2.21. The second-order valence-electron chi connectivity index (χ2n) is 4.23. The van der Waals surface area contributed by atoms with Gasteiger partial charge in [-0.1, -0.05) is 30.7 Å². The number of hydrogen-bond acceptors (Lipinski definition) is 2. The Balaban J connectivity index is 1.90. The molecule has 1 saturated heterocycles. The average Bonchev–Trinajstić information content (AvgIpc) is 2.39. The molecule has 17 heavy (non-hydrogen) atoms. The highest BCUT2D eigenvalue weighted by atomic mass is 28.3. The summed E-state index contributed by atoms with van der Waals surface area (Å²) in [5.41, 5.74) is 1.21. The molecule has 0 bridgehead atoms. The molecule has 1 radical (unpaired) electrons. The fourth-order valence-corrected chi connectivity index (χ4v) is 3.72. The molecule has 1 aliphatic rings. The third-order valence-corrected chi connectivity index (χ3v) is 4.87. The van der Waals surface area contributed by atoms with Crippen LogP contribution in [0.4, 0.5) is 0 Å². The molecule has 1 fully saturated rings. The summed E-state index contributed by atoms with van der Waals surface area (Å²) in [5.74, 6) is 0.985. The first-order valence-electron chi connectivity index (χ1n) is 6.19. The maximum absolute atomic E-state index is 5.90. The topological polar surface area (TPSA) is 18.5 Å². The van der Waals surface area contributed by atoms with Crippen molar-refractivity contribution in [3.63, 3.8) is 0 Å². The van der Waals surface area contributed by atoms with Crippen molar-refractivity contribution in [1.29, 1.82) is 0 Å². The van der Waals surface area contributed by atoms with Gasteiger partial charge in [0.15, 0.2) is 0 Å². The van der Waals surface area contributed by atoms with Gasteiger partial charge >= 0.3 is 0 Å². The van der Waals surface area contributed by atoms with Gasteiger partial charge in [-0.15, -0.1) is 6.58 Å². The number of allylic oxidation sites excluding steroid dienone is 1. The zero-order chi connectivity index (χ0) is 11.9. The SMILES string of the molecule is C=CCc1ccccc1OC[Si]1CCCCO1. The number of hydrogen-bond donors (Lipinski definition) is 0. The molecule has 91 valence electrons. The molecule has 0 atom stereocenters. The summed E-state index contributed by atoms with van der Waals surface area (Å²) in [6.07, 6.45) is 6.04. The zero-order valence-corrected chi connectivity index (χ0v) is 11.2. The van der Waals surface area contributed by atoms with Gasteiger partial charge < -0.3 is 9.16 Å². The van der Waals surface area contributed by atoms with Crippen LogP contribution in [-0.2, 0) is 10.8 Å². The minimum Gasteiger partial charge on any atom is -0.494 e. The molecule has 1 aromatic rings. The Bertz CT molecular complexity index is 359. The summed E-state index contributed by atoms with van der Waals surface area (Å²) in [5, 5.41) is 0. The smallest absolute Gasteiger partial charge is 0.251 e. The number of benzene rings is 1. The van der Waals surface area contributed by atoms with Crippen LogP contribution in [0.25, 0.3) is 0 Å². The molecule has 0 spiro atoms. The van der Waals surface area contributed by atoms with E-state index in [1.165, 1.54) is 24.4 Å². The molecule has 1 aromatic carbocycles. The highest BCUT2D eigenvalue weighted by Gasteiger charge is 2.18. The van der Waals surface area contributed by atoms with E-state index in [2.05, 4.69) is 12.6 Å². The molecular weight excluding hydrogens is 228 g/mol. The van der Waals surface area contributed by atoms with Gasteiger partial charge in [-0.05, 0) is 30.5 Å².